The van der Waals surface area contributed by atoms with Crippen molar-refractivity contribution in [2.24, 2.45) is 0 Å². The maximum atomic E-state index is 4.95. The van der Waals surface area contributed by atoms with Crippen molar-refractivity contribution >= 4 is 11.9 Å². The molecule has 7 heteroatoms. The molecule has 0 unspecified atom stereocenters. The highest BCUT2D eigenvalue weighted by Gasteiger charge is 2.44. The van der Waals surface area contributed by atoms with Gasteiger partial charge in [-0.25, -0.2) is 0 Å². The van der Waals surface area contributed by atoms with Crippen LogP contribution in [0.2, 0.25) is 0 Å². The molecular weight excluding hydrogens is 470 g/mol. The Hall–Kier alpha value is -1.47. The van der Waals surface area contributed by atoms with Crippen LogP contribution in [0.1, 0.15) is 132 Å². The van der Waals surface area contributed by atoms with Gasteiger partial charge in [0.15, 0.2) is 0 Å². The first-order valence-electron chi connectivity index (χ1n) is 15.3. The summed E-state index contributed by atoms with van der Waals surface area (Å²) in [7, 11) is 4.51. The van der Waals surface area contributed by atoms with E-state index in [0.29, 0.717) is 12.1 Å². The van der Waals surface area contributed by atoms with Crippen molar-refractivity contribution in [3.8, 4) is 0 Å². The highest BCUT2D eigenvalue weighted by Crippen LogP contribution is 2.39. The maximum absolute atomic E-state index is 4.95. The number of likely N-dealkylation sites (tertiary alicyclic amines) is 2. The average molecular weight is 530 g/mol. The zero-order valence-corrected chi connectivity index (χ0v) is 26.7. The summed E-state index contributed by atoms with van der Waals surface area (Å²) in [6, 6.07) is 0.657. The molecule has 2 aliphatic heterocycles. The number of aromatic nitrogens is 3. The number of hydrogen-bond acceptors (Lipinski definition) is 7. The van der Waals surface area contributed by atoms with Crippen LogP contribution in [0.15, 0.2) is 0 Å². The fourth-order valence-electron chi connectivity index (χ4n) is 7.04. The van der Waals surface area contributed by atoms with Crippen LogP contribution in [-0.4, -0.2) is 73.1 Å². The number of unbranched alkanes of at least 4 members (excludes halogenated alkanes) is 5. The summed E-state index contributed by atoms with van der Waals surface area (Å²) in [5.74, 6) is 2.38. The Morgan fingerprint density at radius 3 is 1.37 bits per heavy atom. The van der Waals surface area contributed by atoms with Crippen molar-refractivity contribution in [3.63, 3.8) is 0 Å². The van der Waals surface area contributed by atoms with Crippen LogP contribution in [0.5, 0.6) is 0 Å². The first-order chi connectivity index (χ1) is 17.6. The molecule has 0 amide bonds. The van der Waals surface area contributed by atoms with E-state index in [0.717, 1.165) is 56.2 Å². The molecule has 2 N–H and O–H groups in total. The summed E-state index contributed by atoms with van der Waals surface area (Å²) < 4.78 is 0. The van der Waals surface area contributed by atoms with E-state index in [1.54, 1.807) is 0 Å². The Morgan fingerprint density at radius 1 is 0.605 bits per heavy atom. The lowest BCUT2D eigenvalue weighted by Gasteiger charge is -2.53. The molecule has 3 rings (SSSR count). The van der Waals surface area contributed by atoms with Crippen LogP contribution in [-0.2, 0) is 6.42 Å². The van der Waals surface area contributed by atoms with Crippen molar-refractivity contribution in [3.05, 3.63) is 5.82 Å². The van der Waals surface area contributed by atoms with E-state index < -0.39 is 0 Å². The molecule has 1 aromatic heterocycles. The molecule has 0 bridgehead atoms. The lowest BCUT2D eigenvalue weighted by Crippen LogP contribution is -2.61. The number of nitrogens with one attached hydrogen (secondary N) is 2. The number of nitrogens with zero attached hydrogens (tertiary/aromatic N) is 5. The molecule has 38 heavy (non-hydrogen) atoms. The predicted octanol–water partition coefficient (Wildman–Crippen LogP) is 6.90. The second kappa shape index (κ2) is 12.0. The van der Waals surface area contributed by atoms with Gasteiger partial charge in [-0.05, 0) is 102 Å². The van der Waals surface area contributed by atoms with Gasteiger partial charge >= 0.3 is 0 Å². The number of rotatable bonds is 11. The van der Waals surface area contributed by atoms with Crippen molar-refractivity contribution in [2.75, 3.05) is 24.7 Å². The van der Waals surface area contributed by atoms with Crippen LogP contribution in [0, 0.1) is 0 Å². The molecule has 0 aromatic carbocycles. The highest BCUT2D eigenvalue weighted by molar-refractivity contribution is 5.37. The minimum absolute atomic E-state index is 0.111. The average Bonchev–Trinajstić information content (AvgIpc) is 2.77. The number of hydrogen-bond donors (Lipinski definition) is 2. The van der Waals surface area contributed by atoms with Crippen molar-refractivity contribution in [1.29, 1.82) is 0 Å². The smallest absolute Gasteiger partial charge is 0.227 e. The van der Waals surface area contributed by atoms with Crippen molar-refractivity contribution < 1.29 is 0 Å². The molecule has 2 fully saturated rings. The van der Waals surface area contributed by atoms with E-state index in [1.165, 1.54) is 32.1 Å². The lowest BCUT2D eigenvalue weighted by molar-refractivity contribution is -0.00791. The summed E-state index contributed by atoms with van der Waals surface area (Å²) in [4.78, 5) is 19.9. The largest absolute Gasteiger partial charge is 0.351 e. The molecule has 218 valence electrons. The fraction of sp³-hybridized carbons (Fsp3) is 0.903. The number of piperidine rings is 2. The molecule has 0 atom stereocenters. The van der Waals surface area contributed by atoms with Gasteiger partial charge in [-0.15, -0.1) is 0 Å². The summed E-state index contributed by atoms with van der Waals surface area (Å²) in [5, 5.41) is 7.50. The Balaban J connectivity index is 1.79. The van der Waals surface area contributed by atoms with Crippen LogP contribution < -0.4 is 10.6 Å². The van der Waals surface area contributed by atoms with Gasteiger partial charge in [-0.1, -0.05) is 39.0 Å². The third kappa shape index (κ3) is 7.80. The first kappa shape index (κ1) is 31.1. The Labute approximate surface area is 234 Å². The standard InChI is InChI=1S/C31H59N7/c1-12-13-14-15-16-17-18-25-34-26(32-23-19-28(2,3)37(10)29(4,5)20-23)36-27(35-25)33-24-21-30(6,7)38(11)31(8,9)22-24/h23-24H,12-22H2,1-11H3,(H2,32,33,34,35,36). The summed E-state index contributed by atoms with van der Waals surface area (Å²) >= 11 is 0. The third-order valence-electron chi connectivity index (χ3n) is 9.72. The van der Waals surface area contributed by atoms with E-state index >= 15 is 0 Å². The predicted molar refractivity (Wildman–Crippen MR) is 162 cm³/mol. The topological polar surface area (TPSA) is 69.2 Å². The fourth-order valence-corrected chi connectivity index (χ4v) is 7.04. The molecular formula is C31H59N7. The molecule has 2 saturated heterocycles. The van der Waals surface area contributed by atoms with Crippen LogP contribution in [0.4, 0.5) is 11.9 Å². The molecule has 0 spiro atoms. The van der Waals surface area contributed by atoms with Gasteiger partial charge in [0, 0.05) is 40.7 Å². The van der Waals surface area contributed by atoms with Gasteiger partial charge < -0.3 is 10.6 Å². The molecule has 0 aliphatic carbocycles. The second-order valence-electron chi connectivity index (χ2n) is 14.8. The molecule has 0 saturated carbocycles. The van der Waals surface area contributed by atoms with E-state index in [4.69, 9.17) is 15.0 Å². The maximum Gasteiger partial charge on any atom is 0.227 e. The van der Waals surface area contributed by atoms with Crippen molar-refractivity contribution in [2.45, 2.75) is 167 Å². The summed E-state index contributed by atoms with van der Waals surface area (Å²) in [6.07, 6.45) is 12.8. The van der Waals surface area contributed by atoms with Crippen LogP contribution in [0.25, 0.3) is 0 Å². The summed E-state index contributed by atoms with van der Waals surface area (Å²) in [5.41, 5.74) is 0.445. The van der Waals surface area contributed by atoms with Gasteiger partial charge in [-0.3, -0.25) is 9.80 Å². The Morgan fingerprint density at radius 2 is 0.974 bits per heavy atom. The SMILES string of the molecule is CCCCCCCCc1nc(NC2CC(C)(C)N(C)C(C)(C)C2)nc(NC2CC(C)(C)N(C)C(C)(C)C2)n1. The zero-order chi connectivity index (χ0) is 28.4. The Bertz CT molecular complexity index is 809. The molecule has 3 heterocycles. The number of anilines is 2. The first-order valence-corrected chi connectivity index (χ1v) is 15.3. The normalized spacial score (nSPS) is 23.9. The highest BCUT2D eigenvalue weighted by atomic mass is 15.3. The zero-order valence-electron chi connectivity index (χ0n) is 26.7. The van der Waals surface area contributed by atoms with Gasteiger partial charge in [-0.2, -0.15) is 15.0 Å². The van der Waals surface area contributed by atoms with Gasteiger partial charge in [0.1, 0.15) is 5.82 Å². The lowest BCUT2D eigenvalue weighted by atomic mass is 9.77. The molecule has 0 radical (unpaired) electrons. The van der Waals surface area contributed by atoms with E-state index in [1.807, 2.05) is 0 Å². The van der Waals surface area contributed by atoms with E-state index in [9.17, 15) is 0 Å². The van der Waals surface area contributed by atoms with E-state index in [2.05, 4.69) is 96.8 Å². The monoisotopic (exact) mass is 529 g/mol. The van der Waals surface area contributed by atoms with E-state index in [-0.39, 0.29) is 22.2 Å². The summed E-state index contributed by atoms with van der Waals surface area (Å²) in [6.45, 7) is 21.0. The third-order valence-corrected chi connectivity index (χ3v) is 9.72. The second-order valence-corrected chi connectivity index (χ2v) is 14.8. The van der Waals surface area contributed by atoms with Crippen LogP contribution >= 0.6 is 0 Å². The molecule has 7 nitrogen and oxygen atoms in total. The molecule has 2 aliphatic rings. The molecule has 1 aromatic rings. The quantitative estimate of drug-likeness (QED) is 0.302. The number of aryl methyl sites for hydroxylation is 1. The van der Waals surface area contributed by atoms with Gasteiger partial charge in [0.05, 0.1) is 0 Å². The van der Waals surface area contributed by atoms with Crippen molar-refractivity contribution in [1.82, 2.24) is 24.8 Å². The minimum atomic E-state index is 0.111. The van der Waals surface area contributed by atoms with Gasteiger partial charge in [0.2, 0.25) is 11.9 Å². The van der Waals surface area contributed by atoms with Gasteiger partial charge in [0.25, 0.3) is 0 Å². The Kier molecular flexibility index (Phi) is 9.77. The van der Waals surface area contributed by atoms with Crippen LogP contribution in [0.3, 0.4) is 0 Å². The minimum Gasteiger partial charge on any atom is -0.351 e.